The average Bonchev–Trinajstić information content (AvgIpc) is 2.45. The Balaban J connectivity index is 1.64. The monoisotopic (exact) mass is 351 g/mol. The van der Waals surface area contributed by atoms with Gasteiger partial charge in [0.2, 0.25) is 0 Å². The van der Waals surface area contributed by atoms with Crippen molar-refractivity contribution in [3.63, 3.8) is 0 Å². The first-order chi connectivity index (χ1) is 8.95. The zero-order chi connectivity index (χ0) is 12.5. The van der Waals surface area contributed by atoms with Crippen molar-refractivity contribution in [1.29, 1.82) is 0 Å². The number of rotatable bonds is 6. The highest BCUT2D eigenvalue weighted by Gasteiger charge is 2.04. The van der Waals surface area contributed by atoms with E-state index in [0.717, 1.165) is 13.0 Å². The lowest BCUT2D eigenvalue weighted by Gasteiger charge is -1.99. The van der Waals surface area contributed by atoms with E-state index in [9.17, 15) is 0 Å². The van der Waals surface area contributed by atoms with Gasteiger partial charge in [0.05, 0.1) is 6.61 Å². The molecule has 0 atom stereocenters. The second kappa shape index (κ2) is 7.93. The SMILES string of the molecule is C(=C\[I+]c1ccccc1)/OCCc1ccccc1. The van der Waals surface area contributed by atoms with Gasteiger partial charge >= 0.3 is 21.2 Å². The van der Waals surface area contributed by atoms with Crippen LogP contribution in [-0.2, 0) is 11.2 Å². The topological polar surface area (TPSA) is 9.23 Å². The summed E-state index contributed by atoms with van der Waals surface area (Å²) >= 11 is -0.0518. The highest BCUT2D eigenvalue weighted by molar-refractivity contribution is 5.14. The molecule has 0 aliphatic carbocycles. The molecule has 0 aliphatic rings. The van der Waals surface area contributed by atoms with Crippen LogP contribution in [0.2, 0.25) is 0 Å². The maximum absolute atomic E-state index is 5.51. The van der Waals surface area contributed by atoms with Crippen molar-refractivity contribution in [2.75, 3.05) is 6.61 Å². The number of benzene rings is 2. The molecule has 92 valence electrons. The Morgan fingerprint density at radius 1 is 0.889 bits per heavy atom. The lowest BCUT2D eigenvalue weighted by Crippen LogP contribution is -3.59. The van der Waals surface area contributed by atoms with Crippen molar-refractivity contribution < 1.29 is 25.9 Å². The third-order valence-corrected chi connectivity index (χ3v) is 4.51. The van der Waals surface area contributed by atoms with E-state index in [2.05, 4.69) is 52.6 Å². The van der Waals surface area contributed by atoms with Crippen LogP contribution in [0.3, 0.4) is 0 Å². The van der Waals surface area contributed by atoms with Gasteiger partial charge in [-0.1, -0.05) is 48.5 Å². The Morgan fingerprint density at radius 3 is 2.28 bits per heavy atom. The Morgan fingerprint density at radius 2 is 1.56 bits per heavy atom. The van der Waals surface area contributed by atoms with E-state index in [4.69, 9.17) is 4.74 Å². The average molecular weight is 351 g/mol. The van der Waals surface area contributed by atoms with Crippen molar-refractivity contribution in [3.05, 3.63) is 80.1 Å². The van der Waals surface area contributed by atoms with Crippen LogP contribution in [0.15, 0.2) is 71.0 Å². The number of ether oxygens (including phenoxy) is 1. The fraction of sp³-hybridized carbons (Fsp3) is 0.125. The molecule has 0 fully saturated rings. The lowest BCUT2D eigenvalue weighted by molar-refractivity contribution is -0.558. The van der Waals surface area contributed by atoms with Crippen LogP contribution in [0.1, 0.15) is 5.56 Å². The Bertz CT molecular complexity index is 465. The summed E-state index contributed by atoms with van der Waals surface area (Å²) < 4.78 is 9.09. The molecule has 0 unspecified atom stereocenters. The summed E-state index contributed by atoms with van der Waals surface area (Å²) in [6.45, 7) is 0.749. The summed E-state index contributed by atoms with van der Waals surface area (Å²) in [4.78, 5) is 0. The molecule has 18 heavy (non-hydrogen) atoms. The van der Waals surface area contributed by atoms with E-state index >= 15 is 0 Å². The van der Waals surface area contributed by atoms with E-state index in [-0.39, 0.29) is 21.2 Å². The predicted octanol–water partition coefficient (Wildman–Crippen LogP) is 0.676. The molecule has 0 saturated heterocycles. The quantitative estimate of drug-likeness (QED) is 0.423. The molecule has 1 nitrogen and oxygen atoms in total. The first-order valence-electron chi connectivity index (χ1n) is 5.94. The van der Waals surface area contributed by atoms with Gasteiger partial charge in [0.25, 0.3) is 0 Å². The third-order valence-electron chi connectivity index (χ3n) is 2.42. The van der Waals surface area contributed by atoms with Crippen LogP contribution in [0.5, 0.6) is 0 Å². The van der Waals surface area contributed by atoms with Gasteiger partial charge in [0, 0.05) is 6.42 Å². The van der Waals surface area contributed by atoms with Crippen LogP contribution >= 0.6 is 0 Å². The van der Waals surface area contributed by atoms with Crippen molar-refractivity contribution in [3.8, 4) is 0 Å². The summed E-state index contributed by atoms with van der Waals surface area (Å²) in [5.41, 5.74) is 1.32. The second-order valence-corrected chi connectivity index (χ2v) is 6.36. The van der Waals surface area contributed by atoms with Crippen molar-refractivity contribution in [1.82, 2.24) is 0 Å². The molecule has 0 spiro atoms. The Kier molecular flexibility index (Phi) is 5.79. The minimum Gasteiger partial charge on any atom is -0.497 e. The molecule has 0 N–H and O–H groups in total. The molecule has 0 aliphatic heterocycles. The normalized spacial score (nSPS) is 10.7. The van der Waals surface area contributed by atoms with Gasteiger partial charge in [-0.3, -0.25) is 0 Å². The van der Waals surface area contributed by atoms with Crippen LogP contribution in [0.4, 0.5) is 0 Å². The van der Waals surface area contributed by atoms with E-state index in [1.54, 1.807) is 0 Å². The molecule has 0 bridgehead atoms. The molecule has 0 amide bonds. The highest BCUT2D eigenvalue weighted by Crippen LogP contribution is 1.99. The zero-order valence-electron chi connectivity index (χ0n) is 10.1. The van der Waals surface area contributed by atoms with Crippen LogP contribution in [0.25, 0.3) is 0 Å². The first kappa shape index (κ1) is 13.1. The summed E-state index contributed by atoms with van der Waals surface area (Å²) in [5.74, 6) is 0. The largest absolute Gasteiger partial charge is 0.497 e. The number of hydrogen-bond acceptors (Lipinski definition) is 1. The maximum Gasteiger partial charge on any atom is 0.352 e. The minimum atomic E-state index is -0.0518. The molecule has 0 heterocycles. The van der Waals surface area contributed by atoms with Gasteiger partial charge in [0.1, 0.15) is 6.26 Å². The Hall–Kier alpha value is -1.29. The van der Waals surface area contributed by atoms with E-state index < -0.39 is 0 Å². The van der Waals surface area contributed by atoms with Crippen molar-refractivity contribution in [2.24, 2.45) is 0 Å². The van der Waals surface area contributed by atoms with Gasteiger partial charge in [-0.15, -0.1) is 0 Å². The zero-order valence-corrected chi connectivity index (χ0v) is 12.3. The van der Waals surface area contributed by atoms with Gasteiger partial charge in [0.15, 0.2) is 7.65 Å². The molecule has 0 aromatic heterocycles. The van der Waals surface area contributed by atoms with E-state index in [1.165, 1.54) is 9.13 Å². The molecule has 2 heteroatoms. The van der Waals surface area contributed by atoms with Crippen LogP contribution in [-0.4, -0.2) is 6.61 Å². The van der Waals surface area contributed by atoms with Gasteiger partial charge < -0.3 is 4.74 Å². The number of halogens is 1. The fourth-order valence-corrected chi connectivity index (χ4v) is 3.11. The maximum atomic E-state index is 5.51. The van der Waals surface area contributed by atoms with Crippen molar-refractivity contribution in [2.45, 2.75) is 6.42 Å². The summed E-state index contributed by atoms with van der Waals surface area (Å²) in [6, 6.07) is 21.0. The summed E-state index contributed by atoms with van der Waals surface area (Å²) in [6.07, 6.45) is 2.82. The second-order valence-electron chi connectivity index (χ2n) is 3.77. The van der Waals surface area contributed by atoms with Gasteiger partial charge in [-0.25, -0.2) is 0 Å². The highest BCUT2D eigenvalue weighted by atomic mass is 127. The van der Waals surface area contributed by atoms with E-state index in [1.807, 2.05) is 18.4 Å². The van der Waals surface area contributed by atoms with Crippen molar-refractivity contribution >= 4 is 0 Å². The Labute approximate surface area is 119 Å². The van der Waals surface area contributed by atoms with E-state index in [0.29, 0.717) is 0 Å². The molecule has 2 aromatic rings. The molecular weight excluding hydrogens is 335 g/mol. The summed E-state index contributed by atoms with van der Waals surface area (Å²) in [7, 11) is 0. The van der Waals surface area contributed by atoms with Crippen LogP contribution < -0.4 is 21.2 Å². The molecular formula is C16H16IO+. The number of hydrogen-bond donors (Lipinski definition) is 0. The standard InChI is InChI=1S/C16H16IO/c1-3-7-15(8-4-1)11-13-18-14-12-17-16-9-5-2-6-10-16/h1-10,12,14H,11,13H2/q+1/b14-12+. The first-order valence-corrected chi connectivity index (χ1v) is 8.26. The minimum absolute atomic E-state index is 0.0518. The molecule has 2 rings (SSSR count). The molecule has 0 radical (unpaired) electrons. The molecule has 2 aromatic carbocycles. The smallest absolute Gasteiger partial charge is 0.352 e. The fourth-order valence-electron chi connectivity index (χ4n) is 1.51. The van der Waals surface area contributed by atoms with Crippen LogP contribution in [0, 0.1) is 3.57 Å². The molecule has 0 saturated carbocycles. The predicted molar refractivity (Wildman–Crippen MR) is 70.4 cm³/mol. The third kappa shape index (κ3) is 4.92. The van der Waals surface area contributed by atoms with Gasteiger partial charge in [-0.2, -0.15) is 0 Å². The van der Waals surface area contributed by atoms with Gasteiger partial charge in [-0.05, 0) is 17.7 Å². The summed E-state index contributed by atoms with van der Waals surface area (Å²) in [5, 5.41) is 0. The lowest BCUT2D eigenvalue weighted by atomic mass is 10.2.